The van der Waals surface area contributed by atoms with Gasteiger partial charge in [-0.15, -0.1) is 11.3 Å². The summed E-state index contributed by atoms with van der Waals surface area (Å²) in [5, 5.41) is 5.59. The number of rotatable bonds is 6. The molecule has 5 nitrogen and oxygen atoms in total. The van der Waals surface area contributed by atoms with E-state index in [-0.39, 0.29) is 4.90 Å². The van der Waals surface area contributed by atoms with E-state index in [1.807, 2.05) is 18.4 Å². The number of aromatic nitrogens is 1. The minimum atomic E-state index is -3.58. The van der Waals surface area contributed by atoms with Crippen LogP contribution in [0, 0.1) is 6.92 Å². The summed E-state index contributed by atoms with van der Waals surface area (Å²) in [5.41, 5.74) is 1.78. The van der Waals surface area contributed by atoms with E-state index in [4.69, 9.17) is 0 Å². The first-order chi connectivity index (χ1) is 10.0. The largest absolute Gasteiger partial charge is 0.310 e. The van der Waals surface area contributed by atoms with Gasteiger partial charge >= 0.3 is 0 Å². The molecule has 21 heavy (non-hydrogen) atoms. The van der Waals surface area contributed by atoms with Crippen LogP contribution < -0.4 is 10.0 Å². The van der Waals surface area contributed by atoms with Crippen LogP contribution >= 0.6 is 11.3 Å². The van der Waals surface area contributed by atoms with Gasteiger partial charge in [0.1, 0.15) is 0 Å². The number of nitrogens with one attached hydrogen (secondary N) is 2. The minimum absolute atomic E-state index is 0.269. The molecule has 1 heterocycles. The average Bonchev–Trinajstić information content (AvgIpc) is 3.20. The van der Waals surface area contributed by atoms with Gasteiger partial charge < -0.3 is 5.32 Å². The molecular formula is C14H17N3O2S2. The molecule has 1 saturated carbocycles. The second kappa shape index (κ2) is 5.75. The molecule has 1 aromatic carbocycles. The first kappa shape index (κ1) is 14.5. The number of benzene rings is 1. The van der Waals surface area contributed by atoms with E-state index in [1.54, 1.807) is 18.2 Å². The third-order valence-electron chi connectivity index (χ3n) is 3.22. The fourth-order valence-electron chi connectivity index (χ4n) is 1.95. The maximum atomic E-state index is 12.3. The molecule has 0 aliphatic heterocycles. The van der Waals surface area contributed by atoms with Crippen molar-refractivity contribution in [2.24, 2.45) is 0 Å². The molecule has 0 saturated heterocycles. The normalized spacial score (nSPS) is 15.1. The Labute approximate surface area is 128 Å². The van der Waals surface area contributed by atoms with Gasteiger partial charge in [-0.05, 0) is 37.5 Å². The van der Waals surface area contributed by atoms with Crippen LogP contribution in [0.15, 0.2) is 34.5 Å². The van der Waals surface area contributed by atoms with Gasteiger partial charge in [0.25, 0.3) is 10.0 Å². The van der Waals surface area contributed by atoms with Crippen LogP contribution in [0.25, 0.3) is 0 Å². The van der Waals surface area contributed by atoms with Crippen molar-refractivity contribution < 1.29 is 8.42 Å². The SMILES string of the molecule is Cc1csc(NS(=O)(=O)c2cccc(CNC3CC3)c2)n1. The fourth-order valence-corrected chi connectivity index (χ4v) is 3.96. The Morgan fingerprint density at radius 1 is 1.38 bits per heavy atom. The van der Waals surface area contributed by atoms with Crippen molar-refractivity contribution in [1.29, 1.82) is 0 Å². The monoisotopic (exact) mass is 323 g/mol. The Kier molecular flexibility index (Phi) is 3.97. The summed E-state index contributed by atoms with van der Waals surface area (Å²) in [4.78, 5) is 4.40. The van der Waals surface area contributed by atoms with Gasteiger partial charge in [-0.2, -0.15) is 0 Å². The molecule has 1 fully saturated rings. The lowest BCUT2D eigenvalue weighted by atomic mass is 10.2. The number of nitrogens with zero attached hydrogens (tertiary/aromatic N) is 1. The molecule has 112 valence electrons. The zero-order valence-electron chi connectivity index (χ0n) is 11.7. The van der Waals surface area contributed by atoms with Crippen molar-refractivity contribution in [2.75, 3.05) is 4.72 Å². The summed E-state index contributed by atoms with van der Waals surface area (Å²) in [6.07, 6.45) is 2.42. The summed E-state index contributed by atoms with van der Waals surface area (Å²) >= 11 is 1.28. The summed E-state index contributed by atoms with van der Waals surface area (Å²) < 4.78 is 27.2. The Morgan fingerprint density at radius 3 is 2.86 bits per heavy atom. The molecule has 2 aromatic rings. The van der Waals surface area contributed by atoms with Crippen LogP contribution in [-0.4, -0.2) is 19.4 Å². The number of sulfonamides is 1. The molecule has 1 aromatic heterocycles. The molecule has 0 unspecified atom stereocenters. The highest BCUT2D eigenvalue weighted by Crippen LogP contribution is 2.22. The van der Waals surface area contributed by atoms with E-state index in [0.717, 1.165) is 11.3 Å². The van der Waals surface area contributed by atoms with Crippen LogP contribution in [0.4, 0.5) is 5.13 Å². The topological polar surface area (TPSA) is 71.1 Å². The van der Waals surface area contributed by atoms with Crippen LogP contribution in [0.3, 0.4) is 0 Å². The van der Waals surface area contributed by atoms with Gasteiger partial charge in [-0.25, -0.2) is 13.4 Å². The van der Waals surface area contributed by atoms with Crippen LogP contribution in [0.2, 0.25) is 0 Å². The highest BCUT2D eigenvalue weighted by molar-refractivity contribution is 7.93. The standard InChI is InChI=1S/C14H17N3O2S2/c1-10-9-20-14(16-10)17-21(18,19)13-4-2-3-11(7-13)8-15-12-5-6-12/h2-4,7,9,12,15H,5-6,8H2,1H3,(H,16,17). The molecule has 0 radical (unpaired) electrons. The smallest absolute Gasteiger partial charge is 0.263 e. The van der Waals surface area contributed by atoms with Crippen LogP contribution in [-0.2, 0) is 16.6 Å². The number of hydrogen-bond acceptors (Lipinski definition) is 5. The van der Waals surface area contributed by atoms with E-state index in [9.17, 15) is 8.42 Å². The van der Waals surface area contributed by atoms with Crippen LogP contribution in [0.5, 0.6) is 0 Å². The second-order valence-corrected chi connectivity index (χ2v) is 7.74. The van der Waals surface area contributed by atoms with Crippen molar-refractivity contribution in [3.05, 3.63) is 40.9 Å². The molecular weight excluding hydrogens is 306 g/mol. The van der Waals surface area contributed by atoms with Crippen molar-refractivity contribution in [3.63, 3.8) is 0 Å². The highest BCUT2D eigenvalue weighted by Gasteiger charge is 2.20. The zero-order valence-corrected chi connectivity index (χ0v) is 13.3. The minimum Gasteiger partial charge on any atom is -0.310 e. The number of hydrogen-bond donors (Lipinski definition) is 2. The van der Waals surface area contributed by atoms with E-state index >= 15 is 0 Å². The first-order valence-electron chi connectivity index (χ1n) is 6.80. The van der Waals surface area contributed by atoms with Gasteiger partial charge in [0.15, 0.2) is 5.13 Å². The molecule has 1 aliphatic rings. The summed E-state index contributed by atoms with van der Waals surface area (Å²) in [6, 6.07) is 7.61. The van der Waals surface area contributed by atoms with E-state index in [0.29, 0.717) is 17.7 Å². The molecule has 0 atom stereocenters. The molecule has 3 rings (SSSR count). The lowest BCUT2D eigenvalue weighted by Gasteiger charge is -2.08. The lowest BCUT2D eigenvalue weighted by molar-refractivity contribution is 0.600. The molecule has 2 N–H and O–H groups in total. The summed E-state index contributed by atoms with van der Waals surface area (Å²) in [7, 11) is -3.58. The summed E-state index contributed by atoms with van der Waals surface area (Å²) in [6.45, 7) is 2.53. The Balaban J connectivity index is 1.75. The maximum absolute atomic E-state index is 12.3. The molecule has 0 spiro atoms. The maximum Gasteiger partial charge on any atom is 0.263 e. The van der Waals surface area contributed by atoms with Crippen molar-refractivity contribution in [2.45, 2.75) is 37.2 Å². The van der Waals surface area contributed by atoms with Crippen molar-refractivity contribution in [1.82, 2.24) is 10.3 Å². The van der Waals surface area contributed by atoms with E-state index < -0.39 is 10.0 Å². The summed E-state index contributed by atoms with van der Waals surface area (Å²) in [5.74, 6) is 0. The predicted octanol–water partition coefficient (Wildman–Crippen LogP) is 2.50. The van der Waals surface area contributed by atoms with Gasteiger partial charge in [0, 0.05) is 18.0 Å². The molecule has 0 amide bonds. The fraction of sp³-hybridized carbons (Fsp3) is 0.357. The van der Waals surface area contributed by atoms with E-state index in [2.05, 4.69) is 15.0 Å². The Hall–Kier alpha value is -1.44. The molecule has 0 bridgehead atoms. The van der Waals surface area contributed by atoms with E-state index in [1.165, 1.54) is 24.2 Å². The lowest BCUT2D eigenvalue weighted by Crippen LogP contribution is -2.16. The zero-order chi connectivity index (χ0) is 14.9. The first-order valence-corrected chi connectivity index (χ1v) is 9.16. The van der Waals surface area contributed by atoms with Gasteiger partial charge in [-0.1, -0.05) is 12.1 Å². The average molecular weight is 323 g/mol. The number of anilines is 1. The van der Waals surface area contributed by atoms with Crippen molar-refractivity contribution in [3.8, 4) is 0 Å². The quantitative estimate of drug-likeness (QED) is 0.857. The van der Waals surface area contributed by atoms with Gasteiger partial charge in [-0.3, -0.25) is 4.72 Å². The molecule has 1 aliphatic carbocycles. The van der Waals surface area contributed by atoms with Crippen LogP contribution in [0.1, 0.15) is 24.1 Å². The Bertz CT molecular complexity index is 736. The Morgan fingerprint density at radius 2 is 2.19 bits per heavy atom. The van der Waals surface area contributed by atoms with Gasteiger partial charge in [0.2, 0.25) is 0 Å². The molecule has 7 heteroatoms. The highest BCUT2D eigenvalue weighted by atomic mass is 32.2. The third-order valence-corrected chi connectivity index (χ3v) is 5.56. The second-order valence-electron chi connectivity index (χ2n) is 5.20. The number of aryl methyl sites for hydroxylation is 1. The van der Waals surface area contributed by atoms with Crippen molar-refractivity contribution >= 4 is 26.5 Å². The predicted molar refractivity (Wildman–Crippen MR) is 84.0 cm³/mol. The number of thiazole rings is 1. The third kappa shape index (κ3) is 3.81. The van der Waals surface area contributed by atoms with Gasteiger partial charge in [0.05, 0.1) is 10.6 Å².